The highest BCUT2D eigenvalue weighted by molar-refractivity contribution is 6.33. The predicted molar refractivity (Wildman–Crippen MR) is 150 cm³/mol. The van der Waals surface area contributed by atoms with Gasteiger partial charge in [-0.15, -0.1) is 0 Å². The van der Waals surface area contributed by atoms with Crippen LogP contribution in [0, 0.1) is 0 Å². The minimum absolute atomic E-state index is 0.0633. The number of fused-ring (bicyclic) bond motifs is 1. The van der Waals surface area contributed by atoms with Gasteiger partial charge < -0.3 is 30.0 Å². The van der Waals surface area contributed by atoms with Crippen molar-refractivity contribution >= 4 is 40.4 Å². The molecule has 0 unspecified atom stereocenters. The number of nitrogens with zero attached hydrogens (tertiary/aromatic N) is 3. The van der Waals surface area contributed by atoms with Gasteiger partial charge in [0.15, 0.2) is 5.69 Å². The highest BCUT2D eigenvalue weighted by Gasteiger charge is 2.38. The van der Waals surface area contributed by atoms with Gasteiger partial charge in [-0.2, -0.15) is 23.0 Å². The maximum absolute atomic E-state index is 13.6. The van der Waals surface area contributed by atoms with E-state index in [2.05, 4.69) is 5.10 Å². The highest BCUT2D eigenvalue weighted by Crippen LogP contribution is 2.35. The van der Waals surface area contributed by atoms with Gasteiger partial charge in [-0.3, -0.25) is 0 Å². The fourth-order valence-corrected chi connectivity index (χ4v) is 3.90. The van der Waals surface area contributed by atoms with Gasteiger partial charge in [-0.25, -0.2) is 9.59 Å². The van der Waals surface area contributed by atoms with Crippen LogP contribution in [0.15, 0.2) is 36.4 Å². The first kappa shape index (κ1) is 32.8. The molecule has 0 aliphatic carbocycles. The summed E-state index contributed by atoms with van der Waals surface area (Å²) >= 11 is 5.96. The van der Waals surface area contributed by atoms with E-state index in [0.29, 0.717) is 15.3 Å². The van der Waals surface area contributed by atoms with Crippen LogP contribution < -0.4 is 10.5 Å². The number of ether oxygens (including phenoxy) is 3. The average Bonchev–Trinajstić information content (AvgIpc) is 3.22. The third kappa shape index (κ3) is 8.65. The lowest BCUT2D eigenvalue weighted by molar-refractivity contribution is -0.140. The number of aromatic nitrogens is 2. The van der Waals surface area contributed by atoms with Gasteiger partial charge in [0.25, 0.3) is 0 Å². The Hall–Kier alpha value is -3.71. The van der Waals surface area contributed by atoms with E-state index in [1.165, 1.54) is 29.2 Å². The predicted octanol–water partition coefficient (Wildman–Crippen LogP) is 6.42. The molecule has 230 valence electrons. The Labute approximate surface area is 246 Å². The van der Waals surface area contributed by atoms with Gasteiger partial charge in [0.2, 0.25) is 0 Å². The number of nitrogen functional groups attached to an aromatic ring is 1. The molecule has 1 aromatic heterocycles. The van der Waals surface area contributed by atoms with Crippen LogP contribution in [0.25, 0.3) is 10.9 Å². The van der Waals surface area contributed by atoms with Crippen molar-refractivity contribution in [2.45, 2.75) is 65.0 Å². The average molecular weight is 615 g/mol. The molecule has 42 heavy (non-hydrogen) atoms. The summed E-state index contributed by atoms with van der Waals surface area (Å²) in [7, 11) is 0. The molecule has 1 atom stereocenters. The van der Waals surface area contributed by atoms with Crippen LogP contribution >= 0.6 is 11.6 Å². The number of halogens is 4. The van der Waals surface area contributed by atoms with Gasteiger partial charge in [0.1, 0.15) is 23.6 Å². The van der Waals surface area contributed by atoms with Crippen LogP contribution in [-0.4, -0.2) is 62.9 Å². The Morgan fingerprint density at radius 3 is 2.26 bits per heavy atom. The highest BCUT2D eigenvalue weighted by atomic mass is 35.5. The van der Waals surface area contributed by atoms with E-state index >= 15 is 0 Å². The van der Waals surface area contributed by atoms with Crippen LogP contribution in [0.3, 0.4) is 0 Å². The van der Waals surface area contributed by atoms with Crippen molar-refractivity contribution in [2.75, 3.05) is 25.4 Å². The number of carbonyl (C=O) groups is 2. The van der Waals surface area contributed by atoms with Gasteiger partial charge in [0, 0.05) is 11.5 Å². The normalized spacial score (nSPS) is 13.1. The summed E-state index contributed by atoms with van der Waals surface area (Å²) in [6, 6.07) is 8.26. The lowest BCUT2D eigenvalue weighted by Gasteiger charge is -2.29. The minimum Gasteiger partial charge on any atom is -0.492 e. The first-order valence-corrected chi connectivity index (χ1v) is 13.3. The SMILES string of the molecule is CC(C)(C)OC(=O)N(CCOc1ccc2c(C(F)(F)F)nn(C(=O)OC(C)(C)C)c2c1)C[C@H](O)c1ccc(Cl)c(N)c1. The summed E-state index contributed by atoms with van der Waals surface area (Å²) in [5.41, 5.74) is 3.30. The molecule has 1 amide bonds. The molecule has 2 aromatic carbocycles. The second-order valence-electron chi connectivity index (χ2n) is 11.5. The molecule has 0 bridgehead atoms. The number of aliphatic hydroxyl groups is 1. The number of rotatable bonds is 7. The van der Waals surface area contributed by atoms with Crippen LogP contribution in [0.1, 0.15) is 58.9 Å². The molecule has 0 saturated carbocycles. The third-order valence-corrected chi connectivity index (χ3v) is 5.91. The standard InChI is InChI=1S/C28H34ClF3N4O6/c1-26(2,3)41-24(38)35(15-22(37)16-7-10-19(29)20(33)13-16)11-12-40-17-8-9-18-21(14-17)36(25(39)42-27(4,5)6)34-23(18)28(30,31)32/h7-10,13-14,22,37H,11-12,15,33H2,1-6H3/t22-/m0/s1. The summed E-state index contributed by atoms with van der Waals surface area (Å²) in [5.74, 6) is 0.107. The Bertz CT molecular complexity index is 1450. The number of benzene rings is 2. The molecule has 0 radical (unpaired) electrons. The number of hydrogen-bond donors (Lipinski definition) is 2. The second-order valence-corrected chi connectivity index (χ2v) is 11.9. The monoisotopic (exact) mass is 614 g/mol. The summed E-state index contributed by atoms with van der Waals surface area (Å²) < 4.78 is 57.9. The van der Waals surface area contributed by atoms with E-state index in [-0.39, 0.29) is 42.0 Å². The molecular formula is C28H34ClF3N4O6. The topological polar surface area (TPSA) is 129 Å². The number of aliphatic hydroxyl groups excluding tert-OH is 1. The molecule has 0 fully saturated rings. The molecule has 3 N–H and O–H groups in total. The Kier molecular flexibility index (Phi) is 9.57. The molecule has 1 heterocycles. The van der Waals surface area contributed by atoms with E-state index in [9.17, 15) is 27.9 Å². The zero-order chi connectivity index (χ0) is 31.6. The lowest BCUT2D eigenvalue weighted by atomic mass is 10.1. The molecular weight excluding hydrogens is 581 g/mol. The molecule has 0 spiro atoms. The van der Waals surface area contributed by atoms with Crippen LogP contribution in [-0.2, 0) is 15.7 Å². The number of carbonyl (C=O) groups excluding carboxylic acids is 2. The van der Waals surface area contributed by atoms with Crippen LogP contribution in [0.2, 0.25) is 5.02 Å². The number of anilines is 1. The van der Waals surface area contributed by atoms with E-state index in [1.54, 1.807) is 47.6 Å². The largest absolute Gasteiger partial charge is 0.492 e. The van der Waals surface area contributed by atoms with Crippen molar-refractivity contribution in [2.24, 2.45) is 0 Å². The summed E-state index contributed by atoms with van der Waals surface area (Å²) in [4.78, 5) is 26.8. The maximum atomic E-state index is 13.6. The Balaban J connectivity index is 1.83. The number of alkyl halides is 3. The van der Waals surface area contributed by atoms with Crippen LogP contribution in [0.5, 0.6) is 5.75 Å². The Morgan fingerprint density at radius 1 is 1.05 bits per heavy atom. The smallest absolute Gasteiger partial charge is 0.435 e. The zero-order valence-corrected chi connectivity index (χ0v) is 24.8. The molecule has 10 nitrogen and oxygen atoms in total. The van der Waals surface area contributed by atoms with Crippen molar-refractivity contribution in [3.05, 3.63) is 52.7 Å². The van der Waals surface area contributed by atoms with Gasteiger partial charge >= 0.3 is 18.4 Å². The van der Waals surface area contributed by atoms with Gasteiger partial charge in [0.05, 0.1) is 35.4 Å². The van der Waals surface area contributed by atoms with Crippen molar-refractivity contribution in [3.63, 3.8) is 0 Å². The molecule has 3 rings (SSSR count). The van der Waals surface area contributed by atoms with E-state index in [4.69, 9.17) is 31.5 Å². The van der Waals surface area contributed by atoms with E-state index in [1.807, 2.05) is 0 Å². The quantitative estimate of drug-likeness (QED) is 0.292. The molecule has 14 heteroatoms. The van der Waals surface area contributed by atoms with Crippen LogP contribution in [0.4, 0.5) is 28.4 Å². The van der Waals surface area contributed by atoms with E-state index in [0.717, 1.165) is 6.07 Å². The Morgan fingerprint density at radius 2 is 1.69 bits per heavy atom. The fourth-order valence-electron chi connectivity index (χ4n) is 3.78. The minimum atomic E-state index is -4.82. The third-order valence-electron chi connectivity index (χ3n) is 5.57. The summed E-state index contributed by atoms with van der Waals surface area (Å²) in [5, 5.41) is 14.3. The summed E-state index contributed by atoms with van der Waals surface area (Å²) in [6.45, 7) is 9.41. The zero-order valence-electron chi connectivity index (χ0n) is 24.1. The second kappa shape index (κ2) is 12.3. The van der Waals surface area contributed by atoms with E-state index < -0.39 is 41.4 Å². The summed E-state index contributed by atoms with van der Waals surface area (Å²) in [6.07, 6.45) is -7.77. The van der Waals surface area contributed by atoms with Gasteiger partial charge in [-0.1, -0.05) is 17.7 Å². The molecule has 0 aliphatic rings. The number of nitrogens with two attached hydrogens (primary N) is 1. The first-order valence-electron chi connectivity index (χ1n) is 12.9. The van der Waals surface area contributed by atoms with Crippen molar-refractivity contribution < 1.29 is 42.1 Å². The molecule has 3 aromatic rings. The number of hydrogen-bond acceptors (Lipinski definition) is 8. The molecule has 0 aliphatic heterocycles. The lowest BCUT2D eigenvalue weighted by Crippen LogP contribution is -2.41. The van der Waals surface area contributed by atoms with Crippen molar-refractivity contribution in [1.82, 2.24) is 14.7 Å². The van der Waals surface area contributed by atoms with Crippen molar-refractivity contribution in [1.29, 1.82) is 0 Å². The number of amides is 1. The van der Waals surface area contributed by atoms with Crippen molar-refractivity contribution in [3.8, 4) is 5.75 Å². The fraction of sp³-hybridized carbons (Fsp3) is 0.464. The van der Waals surface area contributed by atoms with Gasteiger partial charge in [-0.05, 0) is 71.4 Å². The maximum Gasteiger partial charge on any atom is 0.435 e. The first-order chi connectivity index (χ1) is 19.2. The molecule has 0 saturated heterocycles.